The summed E-state index contributed by atoms with van der Waals surface area (Å²) >= 11 is 0. The molecular formula is C19H23BO5. The maximum atomic E-state index is 12.2. The number of esters is 1. The fraction of sp³-hybridized carbons (Fsp3) is 0.474. The van der Waals surface area contributed by atoms with Gasteiger partial charge in [0, 0.05) is 25.1 Å². The maximum Gasteiger partial charge on any atom is 0.526 e. The van der Waals surface area contributed by atoms with Gasteiger partial charge in [0.2, 0.25) is 0 Å². The van der Waals surface area contributed by atoms with Gasteiger partial charge in [-0.3, -0.25) is 4.79 Å². The standard InChI is InChI=1S/C19H23BO5/c1-3-5-9-16(21)13-15-12-14-8-7-10-17(18(14)25-20(15)23)19(22)24-11-6-4-2/h1,7-8,10,15,23H,4-6,9,11-13H2,2H3/t15-/m1/s1. The van der Waals surface area contributed by atoms with Gasteiger partial charge in [-0.25, -0.2) is 4.79 Å². The molecule has 2 rings (SSSR count). The maximum absolute atomic E-state index is 12.2. The van der Waals surface area contributed by atoms with Crippen molar-refractivity contribution in [2.75, 3.05) is 6.61 Å². The summed E-state index contributed by atoms with van der Waals surface area (Å²) in [6.07, 6.45) is 8.27. The molecule has 0 spiro atoms. The average molecular weight is 342 g/mol. The molecule has 1 aliphatic rings. The number of ketones is 1. The summed E-state index contributed by atoms with van der Waals surface area (Å²) in [6.45, 7) is 2.37. The van der Waals surface area contributed by atoms with E-state index >= 15 is 0 Å². The van der Waals surface area contributed by atoms with Crippen molar-refractivity contribution in [1.82, 2.24) is 0 Å². The number of carbonyl (C=O) groups excluding carboxylic acids is 2. The van der Waals surface area contributed by atoms with Gasteiger partial charge in [-0.1, -0.05) is 25.5 Å². The van der Waals surface area contributed by atoms with Gasteiger partial charge in [-0.15, -0.1) is 12.3 Å². The molecule has 132 valence electrons. The van der Waals surface area contributed by atoms with Crippen molar-refractivity contribution in [3.8, 4) is 18.1 Å². The number of para-hydroxylation sites is 1. The minimum Gasteiger partial charge on any atom is -0.535 e. The minimum atomic E-state index is -1.13. The van der Waals surface area contributed by atoms with Gasteiger partial charge in [0.25, 0.3) is 0 Å². The Balaban J connectivity index is 2.08. The Morgan fingerprint density at radius 3 is 3.00 bits per heavy atom. The fourth-order valence-electron chi connectivity index (χ4n) is 2.81. The molecule has 1 aromatic carbocycles. The first-order valence-electron chi connectivity index (χ1n) is 8.65. The van der Waals surface area contributed by atoms with Crippen molar-refractivity contribution in [3.63, 3.8) is 0 Å². The number of carbonyl (C=O) groups is 2. The Morgan fingerprint density at radius 1 is 1.48 bits per heavy atom. The molecule has 1 heterocycles. The van der Waals surface area contributed by atoms with E-state index in [1.165, 1.54) is 0 Å². The molecule has 6 heteroatoms. The van der Waals surface area contributed by atoms with E-state index in [1.807, 2.05) is 13.0 Å². The van der Waals surface area contributed by atoms with Crippen molar-refractivity contribution < 1.29 is 24.0 Å². The zero-order valence-electron chi connectivity index (χ0n) is 14.5. The molecule has 25 heavy (non-hydrogen) atoms. The van der Waals surface area contributed by atoms with E-state index in [2.05, 4.69) is 5.92 Å². The van der Waals surface area contributed by atoms with Gasteiger partial charge in [0.1, 0.15) is 17.1 Å². The number of Topliss-reactive ketones (excluding diaryl/α,β-unsaturated/α-hetero) is 1. The van der Waals surface area contributed by atoms with Gasteiger partial charge in [-0.2, -0.15) is 0 Å². The first kappa shape index (κ1) is 19.1. The van der Waals surface area contributed by atoms with Crippen molar-refractivity contribution in [1.29, 1.82) is 0 Å². The number of ether oxygens (including phenoxy) is 1. The number of hydrogen-bond acceptors (Lipinski definition) is 5. The molecule has 1 atom stereocenters. The van der Waals surface area contributed by atoms with Crippen molar-refractivity contribution in [3.05, 3.63) is 29.3 Å². The normalized spacial score (nSPS) is 15.7. The highest BCUT2D eigenvalue weighted by atomic mass is 16.5. The van der Waals surface area contributed by atoms with Crippen LogP contribution in [0.2, 0.25) is 5.82 Å². The molecule has 1 N–H and O–H groups in total. The summed E-state index contributed by atoms with van der Waals surface area (Å²) in [5.74, 6) is 1.99. The second-order valence-corrected chi connectivity index (χ2v) is 6.20. The lowest BCUT2D eigenvalue weighted by molar-refractivity contribution is -0.119. The average Bonchev–Trinajstić information content (AvgIpc) is 2.60. The van der Waals surface area contributed by atoms with Crippen molar-refractivity contribution in [2.45, 2.75) is 51.3 Å². The van der Waals surface area contributed by atoms with Crippen LogP contribution in [0.3, 0.4) is 0 Å². The third-order valence-corrected chi connectivity index (χ3v) is 4.21. The van der Waals surface area contributed by atoms with Crippen LogP contribution in [0.5, 0.6) is 5.75 Å². The summed E-state index contributed by atoms with van der Waals surface area (Å²) in [5.41, 5.74) is 1.11. The summed E-state index contributed by atoms with van der Waals surface area (Å²) in [4.78, 5) is 24.1. The fourth-order valence-corrected chi connectivity index (χ4v) is 2.81. The Morgan fingerprint density at radius 2 is 2.28 bits per heavy atom. The smallest absolute Gasteiger partial charge is 0.526 e. The highest BCUT2D eigenvalue weighted by molar-refractivity contribution is 6.47. The highest BCUT2D eigenvalue weighted by Gasteiger charge is 2.37. The third-order valence-electron chi connectivity index (χ3n) is 4.21. The van der Waals surface area contributed by atoms with Gasteiger partial charge in [-0.05, 0) is 24.5 Å². The first-order chi connectivity index (χ1) is 12.1. The number of terminal acetylenes is 1. The van der Waals surface area contributed by atoms with Crippen LogP contribution in [0.15, 0.2) is 18.2 Å². The molecular weight excluding hydrogens is 319 g/mol. The van der Waals surface area contributed by atoms with E-state index in [9.17, 15) is 14.6 Å². The molecule has 0 saturated carbocycles. The lowest BCUT2D eigenvalue weighted by Crippen LogP contribution is -2.35. The topological polar surface area (TPSA) is 72.8 Å². The minimum absolute atomic E-state index is 0.00387. The Hall–Kier alpha value is -2.26. The summed E-state index contributed by atoms with van der Waals surface area (Å²) in [5, 5.41) is 10.2. The quantitative estimate of drug-likeness (QED) is 0.340. The van der Waals surface area contributed by atoms with Crippen molar-refractivity contribution in [2.24, 2.45) is 0 Å². The first-order valence-corrected chi connectivity index (χ1v) is 8.65. The van der Waals surface area contributed by atoms with Crippen molar-refractivity contribution >= 4 is 18.9 Å². The zero-order valence-corrected chi connectivity index (χ0v) is 14.5. The number of hydrogen-bond donors (Lipinski definition) is 1. The number of unbranched alkanes of at least 4 members (excludes halogenated alkanes) is 1. The summed E-state index contributed by atoms with van der Waals surface area (Å²) in [7, 11) is -1.13. The molecule has 0 saturated heterocycles. The van der Waals surface area contributed by atoms with E-state index in [4.69, 9.17) is 15.8 Å². The number of benzene rings is 1. The molecule has 0 bridgehead atoms. The molecule has 0 aliphatic carbocycles. The second kappa shape index (κ2) is 9.29. The van der Waals surface area contributed by atoms with Crippen LogP contribution in [-0.2, 0) is 16.0 Å². The van der Waals surface area contributed by atoms with Crippen LogP contribution < -0.4 is 4.65 Å². The van der Waals surface area contributed by atoms with Gasteiger partial charge in [0.15, 0.2) is 0 Å². The molecule has 0 aromatic heterocycles. The van der Waals surface area contributed by atoms with E-state index < -0.39 is 13.1 Å². The molecule has 0 unspecified atom stereocenters. The van der Waals surface area contributed by atoms with Crippen LogP contribution in [0.1, 0.15) is 54.9 Å². The lowest BCUT2D eigenvalue weighted by Gasteiger charge is -2.28. The predicted octanol–water partition coefficient (Wildman–Crippen LogP) is 2.80. The van der Waals surface area contributed by atoms with Crippen LogP contribution in [-0.4, -0.2) is 30.5 Å². The van der Waals surface area contributed by atoms with E-state index in [-0.39, 0.29) is 18.0 Å². The largest absolute Gasteiger partial charge is 0.535 e. The number of fused-ring (bicyclic) bond motifs is 1. The monoisotopic (exact) mass is 342 g/mol. The Kier molecular flexibility index (Phi) is 7.09. The van der Waals surface area contributed by atoms with Crippen LogP contribution >= 0.6 is 0 Å². The molecule has 1 aromatic rings. The Bertz CT molecular complexity index is 664. The molecule has 0 radical (unpaired) electrons. The SMILES string of the molecule is C#CCCC(=O)C[C@H]1Cc2cccc(C(=O)OCCCC)c2OB1O. The molecule has 0 fully saturated rings. The molecule has 5 nitrogen and oxygen atoms in total. The number of rotatable bonds is 8. The predicted molar refractivity (Wildman–Crippen MR) is 95.4 cm³/mol. The van der Waals surface area contributed by atoms with Crippen LogP contribution in [0, 0.1) is 12.3 Å². The second-order valence-electron chi connectivity index (χ2n) is 6.20. The zero-order chi connectivity index (χ0) is 18.2. The van der Waals surface area contributed by atoms with Crippen LogP contribution in [0.25, 0.3) is 0 Å². The van der Waals surface area contributed by atoms with E-state index in [0.717, 1.165) is 18.4 Å². The van der Waals surface area contributed by atoms with Gasteiger partial charge in [0.05, 0.1) is 6.61 Å². The lowest BCUT2D eigenvalue weighted by atomic mass is 9.64. The summed E-state index contributed by atoms with van der Waals surface area (Å²) < 4.78 is 10.8. The third kappa shape index (κ3) is 5.11. The van der Waals surface area contributed by atoms with Gasteiger partial charge >= 0.3 is 13.1 Å². The molecule has 1 aliphatic heterocycles. The van der Waals surface area contributed by atoms with Crippen LogP contribution in [0.4, 0.5) is 0 Å². The van der Waals surface area contributed by atoms with E-state index in [1.54, 1.807) is 12.1 Å². The molecule has 0 amide bonds. The van der Waals surface area contributed by atoms with E-state index in [0.29, 0.717) is 37.2 Å². The summed E-state index contributed by atoms with van der Waals surface area (Å²) in [6, 6.07) is 5.22. The Labute approximate surface area is 148 Å². The highest BCUT2D eigenvalue weighted by Crippen LogP contribution is 2.36. The van der Waals surface area contributed by atoms with Gasteiger partial charge < -0.3 is 14.4 Å².